The van der Waals surface area contributed by atoms with Gasteiger partial charge >= 0.3 is 0 Å². The van der Waals surface area contributed by atoms with Gasteiger partial charge in [0.2, 0.25) is 11.8 Å². The first-order valence-electron chi connectivity index (χ1n) is 8.63. The van der Waals surface area contributed by atoms with Gasteiger partial charge in [0, 0.05) is 13.0 Å². The minimum Gasteiger partial charge on any atom is -0.354 e. The highest BCUT2D eigenvalue weighted by Gasteiger charge is 2.37. The van der Waals surface area contributed by atoms with E-state index in [2.05, 4.69) is 16.0 Å². The minimum absolute atomic E-state index is 0.111. The van der Waals surface area contributed by atoms with Crippen molar-refractivity contribution in [3.05, 3.63) is 35.9 Å². The molecule has 0 aromatic heterocycles. The maximum absolute atomic E-state index is 12.7. The van der Waals surface area contributed by atoms with E-state index in [-0.39, 0.29) is 17.9 Å². The summed E-state index contributed by atoms with van der Waals surface area (Å²) in [6, 6.07) is 9.52. The molecule has 2 amide bonds. The fourth-order valence-corrected chi connectivity index (χ4v) is 2.95. The van der Waals surface area contributed by atoms with Crippen molar-refractivity contribution in [2.75, 3.05) is 19.6 Å². The van der Waals surface area contributed by atoms with Gasteiger partial charge in [-0.05, 0) is 44.8 Å². The zero-order valence-electron chi connectivity index (χ0n) is 14.3. The number of nitrogens with one attached hydrogen (secondary N) is 3. The van der Waals surface area contributed by atoms with Gasteiger partial charge in [-0.25, -0.2) is 0 Å². The second kappa shape index (κ2) is 8.80. The SMILES string of the molecule is CC(Cc1ccccc1)(NC(=O)[C@@H]1CCCN1)C(=O)NCCCN. The Bertz CT molecular complexity index is 543. The summed E-state index contributed by atoms with van der Waals surface area (Å²) in [6.45, 7) is 3.66. The molecule has 1 aromatic carbocycles. The summed E-state index contributed by atoms with van der Waals surface area (Å²) >= 11 is 0. The zero-order valence-corrected chi connectivity index (χ0v) is 14.3. The van der Waals surface area contributed by atoms with Crippen molar-refractivity contribution in [1.82, 2.24) is 16.0 Å². The predicted octanol–water partition coefficient (Wildman–Crippen LogP) is 0.321. The van der Waals surface area contributed by atoms with Crippen LogP contribution in [-0.2, 0) is 16.0 Å². The molecule has 0 spiro atoms. The molecule has 5 N–H and O–H groups in total. The van der Waals surface area contributed by atoms with Crippen LogP contribution in [0.1, 0.15) is 31.7 Å². The molecule has 132 valence electrons. The highest BCUT2D eigenvalue weighted by molar-refractivity contribution is 5.93. The second-order valence-corrected chi connectivity index (χ2v) is 6.53. The molecule has 1 aliphatic heterocycles. The molecule has 6 heteroatoms. The lowest BCUT2D eigenvalue weighted by Crippen LogP contribution is -2.61. The summed E-state index contributed by atoms with van der Waals surface area (Å²) in [6.07, 6.45) is 2.95. The second-order valence-electron chi connectivity index (χ2n) is 6.53. The van der Waals surface area contributed by atoms with Crippen LogP contribution in [0.25, 0.3) is 0 Å². The minimum atomic E-state index is -0.989. The number of carbonyl (C=O) groups excluding carboxylic acids is 2. The molecule has 0 bridgehead atoms. The lowest BCUT2D eigenvalue weighted by molar-refractivity contribution is -0.133. The number of benzene rings is 1. The van der Waals surface area contributed by atoms with Crippen molar-refractivity contribution >= 4 is 11.8 Å². The van der Waals surface area contributed by atoms with Gasteiger partial charge < -0.3 is 21.7 Å². The molecule has 0 saturated carbocycles. The van der Waals surface area contributed by atoms with Gasteiger partial charge in [-0.1, -0.05) is 30.3 Å². The van der Waals surface area contributed by atoms with Gasteiger partial charge in [0.15, 0.2) is 0 Å². The molecule has 6 nitrogen and oxygen atoms in total. The number of carbonyl (C=O) groups is 2. The molecule has 0 radical (unpaired) electrons. The molecular weight excluding hydrogens is 304 g/mol. The van der Waals surface area contributed by atoms with E-state index >= 15 is 0 Å². The molecule has 1 aromatic rings. The van der Waals surface area contributed by atoms with E-state index in [1.54, 1.807) is 6.92 Å². The average molecular weight is 332 g/mol. The number of hydrogen-bond acceptors (Lipinski definition) is 4. The predicted molar refractivity (Wildman–Crippen MR) is 94.4 cm³/mol. The highest BCUT2D eigenvalue weighted by Crippen LogP contribution is 2.16. The van der Waals surface area contributed by atoms with Crippen LogP contribution in [0.2, 0.25) is 0 Å². The maximum Gasteiger partial charge on any atom is 0.245 e. The number of amides is 2. The van der Waals surface area contributed by atoms with E-state index in [4.69, 9.17) is 5.73 Å². The van der Waals surface area contributed by atoms with Crippen LogP contribution < -0.4 is 21.7 Å². The van der Waals surface area contributed by atoms with E-state index in [0.29, 0.717) is 25.9 Å². The third-order valence-corrected chi connectivity index (χ3v) is 4.34. The van der Waals surface area contributed by atoms with E-state index in [1.165, 1.54) is 0 Å². The van der Waals surface area contributed by atoms with Crippen LogP contribution in [0.15, 0.2) is 30.3 Å². The molecule has 0 aliphatic carbocycles. The van der Waals surface area contributed by atoms with Crippen molar-refractivity contribution in [2.45, 2.75) is 44.2 Å². The first kappa shape index (κ1) is 18.4. The Morgan fingerprint density at radius 2 is 2.08 bits per heavy atom. The fraction of sp³-hybridized carbons (Fsp3) is 0.556. The van der Waals surface area contributed by atoms with E-state index in [0.717, 1.165) is 24.9 Å². The van der Waals surface area contributed by atoms with E-state index < -0.39 is 5.54 Å². The summed E-state index contributed by atoms with van der Waals surface area (Å²) in [4.78, 5) is 25.2. The largest absolute Gasteiger partial charge is 0.354 e. The molecule has 1 saturated heterocycles. The number of nitrogens with two attached hydrogens (primary N) is 1. The van der Waals surface area contributed by atoms with E-state index in [9.17, 15) is 9.59 Å². The Hall–Kier alpha value is -1.92. The zero-order chi connectivity index (χ0) is 17.4. The first-order valence-corrected chi connectivity index (χ1v) is 8.63. The summed E-state index contributed by atoms with van der Waals surface area (Å²) < 4.78 is 0. The molecule has 1 heterocycles. The summed E-state index contributed by atoms with van der Waals surface area (Å²) in [5.41, 5.74) is 5.50. The molecule has 2 rings (SSSR count). The molecule has 1 fully saturated rings. The van der Waals surface area contributed by atoms with Gasteiger partial charge in [-0.3, -0.25) is 9.59 Å². The van der Waals surface area contributed by atoms with Crippen LogP contribution in [0.3, 0.4) is 0 Å². The van der Waals surface area contributed by atoms with Crippen LogP contribution in [0.4, 0.5) is 0 Å². The Kier molecular flexibility index (Phi) is 6.75. The van der Waals surface area contributed by atoms with Crippen LogP contribution in [-0.4, -0.2) is 43.0 Å². The summed E-state index contributed by atoms with van der Waals surface area (Å²) in [5, 5.41) is 9.03. The molecule has 1 aliphatic rings. The normalized spacial score (nSPS) is 19.5. The van der Waals surface area contributed by atoms with Gasteiger partial charge in [0.1, 0.15) is 5.54 Å². The van der Waals surface area contributed by atoms with Gasteiger partial charge in [-0.2, -0.15) is 0 Å². The average Bonchev–Trinajstić information content (AvgIpc) is 3.10. The Morgan fingerprint density at radius 1 is 1.33 bits per heavy atom. The Morgan fingerprint density at radius 3 is 2.71 bits per heavy atom. The third-order valence-electron chi connectivity index (χ3n) is 4.34. The smallest absolute Gasteiger partial charge is 0.245 e. The van der Waals surface area contributed by atoms with Gasteiger partial charge in [0.25, 0.3) is 0 Å². The first-order chi connectivity index (χ1) is 11.5. The maximum atomic E-state index is 12.7. The van der Waals surface area contributed by atoms with Crippen molar-refractivity contribution in [3.8, 4) is 0 Å². The fourth-order valence-electron chi connectivity index (χ4n) is 2.95. The Balaban J connectivity index is 2.09. The van der Waals surface area contributed by atoms with Crippen molar-refractivity contribution in [2.24, 2.45) is 5.73 Å². The molecule has 24 heavy (non-hydrogen) atoms. The van der Waals surface area contributed by atoms with Crippen molar-refractivity contribution in [1.29, 1.82) is 0 Å². The van der Waals surface area contributed by atoms with Crippen molar-refractivity contribution < 1.29 is 9.59 Å². The third kappa shape index (κ3) is 5.04. The number of rotatable bonds is 8. The monoisotopic (exact) mass is 332 g/mol. The molecule has 2 atom stereocenters. The Labute approximate surface area is 143 Å². The van der Waals surface area contributed by atoms with Crippen molar-refractivity contribution in [3.63, 3.8) is 0 Å². The summed E-state index contributed by atoms with van der Waals surface area (Å²) in [7, 11) is 0. The highest BCUT2D eigenvalue weighted by atomic mass is 16.2. The van der Waals surface area contributed by atoms with Crippen LogP contribution >= 0.6 is 0 Å². The topological polar surface area (TPSA) is 96.2 Å². The van der Waals surface area contributed by atoms with Crippen LogP contribution in [0, 0.1) is 0 Å². The van der Waals surface area contributed by atoms with Gasteiger partial charge in [-0.15, -0.1) is 0 Å². The van der Waals surface area contributed by atoms with E-state index in [1.807, 2.05) is 30.3 Å². The number of hydrogen-bond donors (Lipinski definition) is 4. The van der Waals surface area contributed by atoms with Crippen LogP contribution in [0.5, 0.6) is 0 Å². The van der Waals surface area contributed by atoms with Gasteiger partial charge in [0.05, 0.1) is 6.04 Å². The molecule has 1 unspecified atom stereocenters. The standard InChI is InChI=1S/C18H28N4O2/c1-18(17(24)21-12-6-10-19,13-14-7-3-2-4-8-14)22-16(23)15-9-5-11-20-15/h2-4,7-8,15,20H,5-6,9-13,19H2,1H3,(H,21,24)(H,22,23)/t15-,18?/m0/s1. The molecular formula is C18H28N4O2. The lowest BCUT2D eigenvalue weighted by atomic mass is 9.91. The summed E-state index contributed by atoms with van der Waals surface area (Å²) in [5.74, 6) is -0.286. The quantitative estimate of drug-likeness (QED) is 0.516. The lowest BCUT2D eigenvalue weighted by Gasteiger charge is -2.31.